The SMILES string of the molecule is O=C(O)C1=Cc2ccccc2Nc2ccccc21. The zero-order valence-electron chi connectivity index (χ0n) is 9.55. The molecule has 0 aliphatic carbocycles. The standard InChI is InChI=1S/C15H11NO2/c17-15(18)12-9-10-5-1-3-7-13(10)16-14-8-4-2-6-11(12)14/h1-9,16H,(H,17,18). The van der Waals surface area contributed by atoms with Gasteiger partial charge in [0.15, 0.2) is 0 Å². The number of benzene rings is 2. The second-order valence-electron chi connectivity index (χ2n) is 4.12. The summed E-state index contributed by atoms with van der Waals surface area (Å²) in [5.41, 5.74) is 3.63. The van der Waals surface area contributed by atoms with Crippen molar-refractivity contribution in [3.63, 3.8) is 0 Å². The molecule has 3 rings (SSSR count). The summed E-state index contributed by atoms with van der Waals surface area (Å²) in [6, 6.07) is 15.1. The highest BCUT2D eigenvalue weighted by molar-refractivity contribution is 6.23. The van der Waals surface area contributed by atoms with Gasteiger partial charge in [-0.1, -0.05) is 36.4 Å². The molecule has 88 valence electrons. The summed E-state index contributed by atoms with van der Waals surface area (Å²) >= 11 is 0. The van der Waals surface area contributed by atoms with Crippen LogP contribution < -0.4 is 5.32 Å². The minimum absolute atomic E-state index is 0.308. The van der Waals surface area contributed by atoms with E-state index in [0.717, 1.165) is 16.9 Å². The average molecular weight is 237 g/mol. The topological polar surface area (TPSA) is 49.3 Å². The Morgan fingerprint density at radius 3 is 2.39 bits per heavy atom. The first kappa shape index (κ1) is 10.6. The van der Waals surface area contributed by atoms with Crippen molar-refractivity contribution in [3.8, 4) is 0 Å². The molecular formula is C15H11NO2. The van der Waals surface area contributed by atoms with Gasteiger partial charge in [0.25, 0.3) is 0 Å². The van der Waals surface area contributed by atoms with E-state index >= 15 is 0 Å². The maximum atomic E-state index is 11.4. The number of fused-ring (bicyclic) bond motifs is 2. The number of carbonyl (C=O) groups is 1. The normalized spacial score (nSPS) is 12.6. The molecular weight excluding hydrogens is 226 g/mol. The van der Waals surface area contributed by atoms with E-state index in [9.17, 15) is 9.90 Å². The van der Waals surface area contributed by atoms with Crippen LogP contribution in [0.3, 0.4) is 0 Å². The predicted octanol–water partition coefficient (Wildman–Crippen LogP) is 3.37. The minimum Gasteiger partial charge on any atom is -0.478 e. The highest BCUT2D eigenvalue weighted by atomic mass is 16.4. The van der Waals surface area contributed by atoms with Crippen molar-refractivity contribution in [1.29, 1.82) is 0 Å². The molecule has 0 atom stereocenters. The first-order valence-electron chi connectivity index (χ1n) is 5.66. The van der Waals surface area contributed by atoms with E-state index < -0.39 is 5.97 Å². The van der Waals surface area contributed by atoms with Crippen LogP contribution in [0.4, 0.5) is 11.4 Å². The summed E-state index contributed by atoms with van der Waals surface area (Å²) < 4.78 is 0. The molecule has 3 nitrogen and oxygen atoms in total. The molecule has 2 aromatic rings. The Morgan fingerprint density at radius 2 is 1.61 bits per heavy atom. The van der Waals surface area contributed by atoms with Crippen LogP contribution >= 0.6 is 0 Å². The fraction of sp³-hybridized carbons (Fsp3) is 0. The zero-order chi connectivity index (χ0) is 12.5. The van der Waals surface area contributed by atoms with Gasteiger partial charge in [0.2, 0.25) is 0 Å². The van der Waals surface area contributed by atoms with Crippen LogP contribution in [0, 0.1) is 0 Å². The number of hydrogen-bond donors (Lipinski definition) is 2. The molecule has 1 heterocycles. The number of hydrogen-bond acceptors (Lipinski definition) is 2. The average Bonchev–Trinajstić information content (AvgIpc) is 2.55. The molecule has 2 N–H and O–H groups in total. The third-order valence-electron chi connectivity index (χ3n) is 2.98. The first-order chi connectivity index (χ1) is 8.75. The molecule has 0 spiro atoms. The molecule has 0 saturated carbocycles. The quantitative estimate of drug-likeness (QED) is 0.799. The van der Waals surface area contributed by atoms with Crippen molar-refractivity contribution < 1.29 is 9.90 Å². The third-order valence-corrected chi connectivity index (χ3v) is 2.98. The third kappa shape index (κ3) is 1.66. The van der Waals surface area contributed by atoms with Crippen LogP contribution in [0.1, 0.15) is 11.1 Å². The number of anilines is 2. The summed E-state index contributed by atoms with van der Waals surface area (Å²) in [4.78, 5) is 11.4. The summed E-state index contributed by atoms with van der Waals surface area (Å²) in [6.07, 6.45) is 1.70. The molecule has 1 aliphatic heterocycles. The Labute approximate surface area is 104 Å². The summed E-state index contributed by atoms with van der Waals surface area (Å²) in [6.45, 7) is 0. The van der Waals surface area contributed by atoms with E-state index in [1.165, 1.54) is 0 Å². The van der Waals surface area contributed by atoms with Gasteiger partial charge in [0.1, 0.15) is 0 Å². The number of carboxylic acids is 1. The van der Waals surface area contributed by atoms with Gasteiger partial charge >= 0.3 is 5.97 Å². The lowest BCUT2D eigenvalue weighted by Crippen LogP contribution is -2.00. The van der Waals surface area contributed by atoms with Gasteiger partial charge in [-0.25, -0.2) is 4.79 Å². The van der Waals surface area contributed by atoms with Crippen LogP contribution in [0.25, 0.3) is 11.6 Å². The Bertz CT molecular complexity index is 659. The van der Waals surface area contributed by atoms with Crippen molar-refractivity contribution in [2.75, 3.05) is 5.32 Å². The van der Waals surface area contributed by atoms with E-state index in [0.29, 0.717) is 11.1 Å². The number of aliphatic carboxylic acids is 1. The van der Waals surface area contributed by atoms with Gasteiger partial charge in [0.05, 0.1) is 5.57 Å². The number of nitrogens with one attached hydrogen (secondary N) is 1. The maximum Gasteiger partial charge on any atom is 0.336 e. The molecule has 0 bridgehead atoms. The van der Waals surface area contributed by atoms with Crippen molar-refractivity contribution >= 4 is 29.0 Å². The molecule has 3 heteroatoms. The smallest absolute Gasteiger partial charge is 0.336 e. The number of rotatable bonds is 1. The van der Waals surface area contributed by atoms with Crippen LogP contribution in [0.2, 0.25) is 0 Å². The van der Waals surface area contributed by atoms with Gasteiger partial charge < -0.3 is 10.4 Å². The molecule has 0 unspecified atom stereocenters. The Morgan fingerprint density at radius 1 is 0.944 bits per heavy atom. The molecule has 0 aromatic heterocycles. The first-order valence-corrected chi connectivity index (χ1v) is 5.66. The van der Waals surface area contributed by atoms with Crippen LogP contribution in [0.15, 0.2) is 48.5 Å². The summed E-state index contributed by atoms with van der Waals surface area (Å²) in [5, 5.41) is 12.6. The van der Waals surface area contributed by atoms with Gasteiger partial charge in [-0.15, -0.1) is 0 Å². The highest BCUT2D eigenvalue weighted by Gasteiger charge is 2.18. The van der Waals surface area contributed by atoms with E-state index in [1.807, 2.05) is 48.5 Å². The largest absolute Gasteiger partial charge is 0.478 e. The van der Waals surface area contributed by atoms with Gasteiger partial charge in [-0.05, 0) is 23.8 Å². The summed E-state index contributed by atoms with van der Waals surface area (Å²) in [7, 11) is 0. The van der Waals surface area contributed by atoms with Crippen molar-refractivity contribution in [2.24, 2.45) is 0 Å². The van der Waals surface area contributed by atoms with Gasteiger partial charge in [-0.3, -0.25) is 0 Å². The molecule has 0 saturated heterocycles. The lowest BCUT2D eigenvalue weighted by atomic mass is 10.0. The van der Waals surface area contributed by atoms with Crippen molar-refractivity contribution in [1.82, 2.24) is 0 Å². The Balaban J connectivity index is 2.29. The second-order valence-corrected chi connectivity index (χ2v) is 4.12. The van der Waals surface area contributed by atoms with E-state index in [-0.39, 0.29) is 0 Å². The zero-order valence-corrected chi connectivity index (χ0v) is 9.55. The molecule has 0 fully saturated rings. The fourth-order valence-electron chi connectivity index (χ4n) is 2.12. The summed E-state index contributed by atoms with van der Waals surface area (Å²) in [5.74, 6) is -0.916. The number of para-hydroxylation sites is 2. The van der Waals surface area contributed by atoms with E-state index in [1.54, 1.807) is 6.08 Å². The van der Waals surface area contributed by atoms with Crippen LogP contribution in [0.5, 0.6) is 0 Å². The molecule has 2 aromatic carbocycles. The molecule has 0 amide bonds. The lowest BCUT2D eigenvalue weighted by molar-refractivity contribution is -0.130. The van der Waals surface area contributed by atoms with Gasteiger partial charge in [-0.2, -0.15) is 0 Å². The van der Waals surface area contributed by atoms with Gasteiger partial charge in [0, 0.05) is 16.9 Å². The molecule has 0 radical (unpaired) electrons. The van der Waals surface area contributed by atoms with Crippen LogP contribution in [-0.4, -0.2) is 11.1 Å². The predicted molar refractivity (Wildman–Crippen MR) is 71.7 cm³/mol. The lowest BCUT2D eigenvalue weighted by Gasteiger charge is -2.09. The van der Waals surface area contributed by atoms with E-state index in [4.69, 9.17) is 0 Å². The maximum absolute atomic E-state index is 11.4. The highest BCUT2D eigenvalue weighted by Crippen LogP contribution is 2.34. The Hall–Kier alpha value is -2.55. The number of carboxylic acid groups (broad SMARTS) is 1. The monoisotopic (exact) mass is 237 g/mol. The second kappa shape index (κ2) is 4.04. The Kier molecular flexibility index (Phi) is 2.38. The van der Waals surface area contributed by atoms with Crippen LogP contribution in [-0.2, 0) is 4.79 Å². The minimum atomic E-state index is -0.916. The van der Waals surface area contributed by atoms with E-state index in [2.05, 4.69) is 5.32 Å². The van der Waals surface area contributed by atoms with Crippen molar-refractivity contribution in [2.45, 2.75) is 0 Å². The molecule has 18 heavy (non-hydrogen) atoms. The fourth-order valence-corrected chi connectivity index (χ4v) is 2.12. The molecule has 1 aliphatic rings. The van der Waals surface area contributed by atoms with Crippen molar-refractivity contribution in [3.05, 3.63) is 59.7 Å².